The lowest BCUT2D eigenvalue weighted by molar-refractivity contribution is 0.0303. The summed E-state index contributed by atoms with van der Waals surface area (Å²) in [6.07, 6.45) is 3.28. The second-order valence-corrected chi connectivity index (χ2v) is 11.5. The summed E-state index contributed by atoms with van der Waals surface area (Å²) in [6, 6.07) is 14.9. The monoisotopic (exact) mass is 520 g/mol. The molecular formula is C30H40N4O4. The van der Waals surface area contributed by atoms with E-state index >= 15 is 0 Å². The first kappa shape index (κ1) is 26.5. The van der Waals surface area contributed by atoms with Crippen LogP contribution in [0.3, 0.4) is 0 Å². The minimum Gasteiger partial charge on any atom is -0.457 e. The molecule has 2 aromatic rings. The van der Waals surface area contributed by atoms with E-state index in [1.807, 2.05) is 55.1 Å². The molecule has 3 amide bonds. The third-order valence-electron chi connectivity index (χ3n) is 8.47. The zero-order valence-corrected chi connectivity index (χ0v) is 22.8. The smallest absolute Gasteiger partial charge is 0.315 e. The Morgan fingerprint density at radius 2 is 1.53 bits per heavy atom. The Kier molecular flexibility index (Phi) is 7.63. The summed E-state index contributed by atoms with van der Waals surface area (Å²) in [5.41, 5.74) is 0.909. The van der Waals surface area contributed by atoms with Crippen molar-refractivity contribution in [2.45, 2.75) is 51.1 Å². The van der Waals surface area contributed by atoms with Crippen LogP contribution in [0.25, 0.3) is 0 Å². The molecule has 0 spiro atoms. The number of urea groups is 1. The van der Waals surface area contributed by atoms with Gasteiger partial charge in [0, 0.05) is 30.7 Å². The first-order chi connectivity index (χ1) is 18.2. The fourth-order valence-electron chi connectivity index (χ4n) is 5.89. The number of rotatable bonds is 6. The van der Waals surface area contributed by atoms with Crippen LogP contribution in [0.2, 0.25) is 0 Å². The number of carbonyl (C=O) groups excluding carboxylic acids is 2. The molecule has 0 aliphatic carbocycles. The molecule has 4 saturated heterocycles. The number of nitrogens with zero attached hydrogens (tertiary/aromatic N) is 2. The van der Waals surface area contributed by atoms with Crippen LogP contribution in [0.4, 0.5) is 4.79 Å². The zero-order chi connectivity index (χ0) is 26.8. The molecule has 4 fully saturated rings. The van der Waals surface area contributed by atoms with Gasteiger partial charge in [-0.25, -0.2) is 4.79 Å². The molecule has 4 aliphatic heterocycles. The van der Waals surface area contributed by atoms with Gasteiger partial charge in [0.15, 0.2) is 0 Å². The standard InChI is InChI=1S/C30H40N4O4/c1-29(2,31-28(36)32-30(3)14-17-33-15-12-24(30)13-16-33)23-6-10-26(11-7-23)38-25-8-4-22(5-9-25)27(35)34-18-20-37-21-19-34/h4-11,24H,12-21H2,1-3H3,(H2,31,32,36). The fraction of sp³-hybridized carbons (Fsp3) is 0.533. The first-order valence-electron chi connectivity index (χ1n) is 13.8. The Balaban J connectivity index is 1.17. The topological polar surface area (TPSA) is 83.1 Å². The lowest BCUT2D eigenvalue weighted by Crippen LogP contribution is -2.57. The van der Waals surface area contributed by atoms with Crippen molar-refractivity contribution in [3.63, 3.8) is 0 Å². The number of hydrogen-bond donors (Lipinski definition) is 2. The lowest BCUT2D eigenvalue weighted by Gasteiger charge is -2.39. The SMILES string of the molecule is CC(C)(NC(=O)NC1(C)CCN2CCC1CC2)c1ccc(Oc2ccc(C(=O)N3CCOCC3)cc2)cc1. The second kappa shape index (κ2) is 10.9. The van der Waals surface area contributed by atoms with Gasteiger partial charge in [0.2, 0.25) is 0 Å². The maximum absolute atomic E-state index is 13.1. The Morgan fingerprint density at radius 3 is 2.16 bits per heavy atom. The molecule has 8 nitrogen and oxygen atoms in total. The predicted octanol–water partition coefficient (Wildman–Crippen LogP) is 4.36. The van der Waals surface area contributed by atoms with Crippen LogP contribution in [0.1, 0.15) is 56.0 Å². The first-order valence-corrected chi connectivity index (χ1v) is 13.8. The van der Waals surface area contributed by atoms with Crippen molar-refractivity contribution >= 4 is 11.9 Å². The highest BCUT2D eigenvalue weighted by molar-refractivity contribution is 5.94. The van der Waals surface area contributed by atoms with Crippen LogP contribution in [0.5, 0.6) is 11.5 Å². The highest BCUT2D eigenvalue weighted by Crippen LogP contribution is 2.35. The van der Waals surface area contributed by atoms with Gasteiger partial charge in [0.05, 0.1) is 18.8 Å². The molecular weight excluding hydrogens is 480 g/mol. The number of piperidine rings is 1. The van der Waals surface area contributed by atoms with Crippen LogP contribution in [0, 0.1) is 5.92 Å². The van der Waals surface area contributed by atoms with Crippen molar-refractivity contribution in [2.75, 3.05) is 45.9 Å². The van der Waals surface area contributed by atoms with Gasteiger partial charge in [-0.2, -0.15) is 0 Å². The van der Waals surface area contributed by atoms with E-state index in [1.165, 1.54) is 0 Å². The zero-order valence-electron chi connectivity index (χ0n) is 22.8. The van der Waals surface area contributed by atoms with Gasteiger partial charge in [-0.05, 0) is 101 Å². The van der Waals surface area contributed by atoms with Crippen LogP contribution < -0.4 is 15.4 Å². The van der Waals surface area contributed by atoms with Crippen molar-refractivity contribution in [2.24, 2.45) is 5.92 Å². The highest BCUT2D eigenvalue weighted by atomic mass is 16.5. The average molecular weight is 521 g/mol. The van der Waals surface area contributed by atoms with Gasteiger partial charge in [-0.15, -0.1) is 0 Å². The van der Waals surface area contributed by atoms with E-state index in [2.05, 4.69) is 22.5 Å². The lowest BCUT2D eigenvalue weighted by atomic mass is 9.79. The molecule has 4 aliphatic rings. The number of benzene rings is 2. The van der Waals surface area contributed by atoms with E-state index in [9.17, 15) is 9.59 Å². The quantitative estimate of drug-likeness (QED) is 0.592. The van der Waals surface area contributed by atoms with Crippen molar-refractivity contribution in [3.8, 4) is 11.5 Å². The van der Waals surface area contributed by atoms with E-state index in [4.69, 9.17) is 9.47 Å². The second-order valence-electron chi connectivity index (χ2n) is 11.5. The molecule has 204 valence electrons. The number of amides is 3. The largest absolute Gasteiger partial charge is 0.457 e. The fourth-order valence-corrected chi connectivity index (χ4v) is 5.89. The van der Waals surface area contributed by atoms with E-state index in [-0.39, 0.29) is 17.5 Å². The van der Waals surface area contributed by atoms with Gasteiger partial charge in [-0.1, -0.05) is 12.1 Å². The van der Waals surface area contributed by atoms with Gasteiger partial charge >= 0.3 is 6.03 Å². The molecule has 2 N–H and O–H groups in total. The molecule has 2 bridgehead atoms. The Hall–Kier alpha value is -3.10. The predicted molar refractivity (Wildman–Crippen MR) is 147 cm³/mol. The molecule has 0 aromatic heterocycles. The molecule has 6 rings (SSSR count). The summed E-state index contributed by atoms with van der Waals surface area (Å²) in [7, 11) is 0. The van der Waals surface area contributed by atoms with E-state index in [1.54, 1.807) is 12.1 Å². The maximum Gasteiger partial charge on any atom is 0.315 e. The number of hydrogen-bond acceptors (Lipinski definition) is 5. The van der Waals surface area contributed by atoms with Gasteiger partial charge in [0.1, 0.15) is 11.5 Å². The van der Waals surface area contributed by atoms with Crippen molar-refractivity contribution < 1.29 is 19.1 Å². The molecule has 0 saturated carbocycles. The van der Waals surface area contributed by atoms with Crippen LogP contribution in [-0.4, -0.2) is 73.2 Å². The summed E-state index contributed by atoms with van der Waals surface area (Å²) in [4.78, 5) is 30.1. The number of carbonyl (C=O) groups is 2. The van der Waals surface area contributed by atoms with Crippen molar-refractivity contribution in [3.05, 3.63) is 59.7 Å². The number of morpholine rings is 1. The van der Waals surface area contributed by atoms with Gasteiger partial charge in [-0.3, -0.25) is 4.79 Å². The molecule has 38 heavy (non-hydrogen) atoms. The Morgan fingerprint density at radius 1 is 0.921 bits per heavy atom. The maximum atomic E-state index is 13.1. The highest BCUT2D eigenvalue weighted by Gasteiger charge is 2.41. The van der Waals surface area contributed by atoms with Crippen LogP contribution >= 0.6 is 0 Å². The summed E-state index contributed by atoms with van der Waals surface area (Å²) in [6.45, 7) is 12.0. The van der Waals surface area contributed by atoms with Crippen LogP contribution in [0.15, 0.2) is 48.5 Å². The normalized spacial score (nSPS) is 25.4. The summed E-state index contributed by atoms with van der Waals surface area (Å²) in [5.74, 6) is 1.90. The summed E-state index contributed by atoms with van der Waals surface area (Å²) >= 11 is 0. The van der Waals surface area contributed by atoms with Crippen LogP contribution in [-0.2, 0) is 10.3 Å². The van der Waals surface area contributed by atoms with E-state index in [0.29, 0.717) is 49.3 Å². The third-order valence-corrected chi connectivity index (χ3v) is 8.47. The molecule has 8 heteroatoms. The Labute approximate surface area is 225 Å². The Bertz CT molecular complexity index is 1120. The average Bonchev–Trinajstić information content (AvgIpc) is 3.17. The molecule has 2 aromatic carbocycles. The molecule has 0 radical (unpaired) electrons. The number of nitrogens with one attached hydrogen (secondary N) is 2. The van der Waals surface area contributed by atoms with E-state index < -0.39 is 5.54 Å². The van der Waals surface area contributed by atoms with Crippen molar-refractivity contribution in [1.82, 2.24) is 20.4 Å². The molecule has 1 atom stereocenters. The minimum absolute atomic E-state index is 0.0150. The number of fused-ring (bicyclic) bond motifs is 4. The minimum atomic E-state index is -0.549. The molecule has 4 heterocycles. The molecule has 1 unspecified atom stereocenters. The van der Waals surface area contributed by atoms with Gasteiger partial charge in [0.25, 0.3) is 5.91 Å². The number of ether oxygens (including phenoxy) is 2. The van der Waals surface area contributed by atoms with Gasteiger partial charge < -0.3 is 29.9 Å². The van der Waals surface area contributed by atoms with Crippen molar-refractivity contribution in [1.29, 1.82) is 0 Å². The van der Waals surface area contributed by atoms with E-state index in [0.717, 1.165) is 44.5 Å². The summed E-state index contributed by atoms with van der Waals surface area (Å²) in [5, 5.41) is 6.52. The summed E-state index contributed by atoms with van der Waals surface area (Å²) < 4.78 is 11.3. The third kappa shape index (κ3) is 5.97.